The van der Waals surface area contributed by atoms with Gasteiger partial charge in [-0.1, -0.05) is 38.5 Å². The Morgan fingerprint density at radius 1 is 0.973 bits per heavy atom. The summed E-state index contributed by atoms with van der Waals surface area (Å²) in [5.74, 6) is -3.12. The van der Waals surface area contributed by atoms with Crippen molar-refractivity contribution in [3.8, 4) is 0 Å². The normalized spacial score (nSPS) is 15.3. The topological polar surface area (TPSA) is 192 Å². The maximum absolute atomic E-state index is 13.4. The van der Waals surface area contributed by atoms with Crippen LogP contribution in [0, 0.1) is 5.92 Å². The van der Waals surface area contributed by atoms with Gasteiger partial charge in [-0.2, -0.15) is 0 Å². The van der Waals surface area contributed by atoms with Crippen LogP contribution in [0.25, 0.3) is 10.9 Å². The fraction of sp³-hybridized carbons (Fsp3) is 0.538. The quantitative estimate of drug-likeness (QED) is 0.170. The number of aromatic amines is 1. The summed E-state index contributed by atoms with van der Waals surface area (Å²) in [7, 11) is 0. The standard InChI is InChI=1S/C26H40N6O5/c1-4-15(2)22(26(36)37)32-24(34)20(11-7-8-12-27)30-25(35)21(31-23(33)16(3)28)13-17-14-29-19-10-6-5-9-18(17)19/h5-6,9-10,14-16,20-22,29H,4,7-8,11-13,27-28H2,1-3H3,(H,30,35)(H,31,33)(H,32,34)(H,36,37). The van der Waals surface area contributed by atoms with E-state index >= 15 is 0 Å². The first-order valence-corrected chi connectivity index (χ1v) is 12.7. The zero-order chi connectivity index (χ0) is 27.5. The lowest BCUT2D eigenvalue weighted by atomic mass is 9.98. The van der Waals surface area contributed by atoms with Crippen LogP contribution in [0.1, 0.15) is 52.0 Å². The predicted molar refractivity (Wildman–Crippen MR) is 141 cm³/mol. The first-order valence-electron chi connectivity index (χ1n) is 12.7. The van der Waals surface area contributed by atoms with Gasteiger partial charge in [0.15, 0.2) is 0 Å². The van der Waals surface area contributed by atoms with E-state index in [1.807, 2.05) is 31.2 Å². The van der Waals surface area contributed by atoms with E-state index in [-0.39, 0.29) is 18.8 Å². The number of carboxylic acid groups (broad SMARTS) is 1. The summed E-state index contributed by atoms with van der Waals surface area (Å²) in [6, 6.07) is 3.65. The van der Waals surface area contributed by atoms with Crippen LogP contribution < -0.4 is 27.4 Å². The van der Waals surface area contributed by atoms with E-state index in [1.54, 1.807) is 13.1 Å². The number of para-hydroxylation sites is 1. The second-order valence-electron chi connectivity index (χ2n) is 9.47. The summed E-state index contributed by atoms with van der Waals surface area (Å²) < 4.78 is 0. The molecule has 9 N–H and O–H groups in total. The van der Waals surface area contributed by atoms with Crippen LogP contribution in [0.5, 0.6) is 0 Å². The second-order valence-corrected chi connectivity index (χ2v) is 9.47. The van der Waals surface area contributed by atoms with E-state index in [1.165, 1.54) is 6.92 Å². The van der Waals surface area contributed by atoms with Gasteiger partial charge in [-0.15, -0.1) is 0 Å². The van der Waals surface area contributed by atoms with Gasteiger partial charge in [0.25, 0.3) is 0 Å². The third-order valence-corrected chi connectivity index (χ3v) is 6.50. The Hall–Kier alpha value is -3.44. The molecule has 0 radical (unpaired) electrons. The molecule has 5 unspecified atom stereocenters. The van der Waals surface area contributed by atoms with Crippen molar-refractivity contribution in [2.75, 3.05) is 6.54 Å². The number of benzene rings is 1. The highest BCUT2D eigenvalue weighted by molar-refractivity contribution is 5.94. The van der Waals surface area contributed by atoms with Crippen molar-refractivity contribution in [2.45, 2.75) is 77.0 Å². The van der Waals surface area contributed by atoms with E-state index < -0.39 is 47.9 Å². The minimum absolute atomic E-state index is 0.163. The first-order chi connectivity index (χ1) is 17.6. The number of fused-ring (bicyclic) bond motifs is 1. The van der Waals surface area contributed by atoms with Gasteiger partial charge in [0.05, 0.1) is 6.04 Å². The molecule has 1 aromatic heterocycles. The first kappa shape index (κ1) is 29.8. The number of amides is 3. The minimum atomic E-state index is -1.14. The van der Waals surface area contributed by atoms with Gasteiger partial charge in [0, 0.05) is 23.5 Å². The van der Waals surface area contributed by atoms with Gasteiger partial charge in [-0.25, -0.2) is 4.79 Å². The van der Waals surface area contributed by atoms with Crippen molar-refractivity contribution in [3.63, 3.8) is 0 Å². The van der Waals surface area contributed by atoms with Crippen molar-refractivity contribution in [1.29, 1.82) is 0 Å². The lowest BCUT2D eigenvalue weighted by Gasteiger charge is -2.26. The molecule has 37 heavy (non-hydrogen) atoms. The molecule has 3 amide bonds. The van der Waals surface area contributed by atoms with Crippen molar-refractivity contribution in [3.05, 3.63) is 36.0 Å². The van der Waals surface area contributed by atoms with Crippen LogP contribution in [-0.2, 0) is 25.6 Å². The number of carboxylic acids is 1. The molecular weight excluding hydrogens is 476 g/mol. The molecule has 204 valence electrons. The molecular formula is C26H40N6O5. The molecule has 1 aromatic carbocycles. The molecule has 0 aliphatic carbocycles. The predicted octanol–water partition coefficient (Wildman–Crippen LogP) is 0.772. The fourth-order valence-corrected chi connectivity index (χ4v) is 4.00. The summed E-state index contributed by atoms with van der Waals surface area (Å²) >= 11 is 0. The second kappa shape index (κ2) is 14.3. The Morgan fingerprint density at radius 2 is 1.62 bits per heavy atom. The number of carbonyl (C=O) groups is 4. The third-order valence-electron chi connectivity index (χ3n) is 6.50. The van der Waals surface area contributed by atoms with Crippen LogP contribution in [0.3, 0.4) is 0 Å². The highest BCUT2D eigenvalue weighted by Crippen LogP contribution is 2.19. The number of unbranched alkanes of at least 4 members (excludes halogenated alkanes) is 1. The molecule has 11 heteroatoms. The van der Waals surface area contributed by atoms with Crippen LogP contribution in [-0.4, -0.2) is 64.5 Å². The average Bonchev–Trinajstić information content (AvgIpc) is 3.28. The van der Waals surface area contributed by atoms with Gasteiger partial charge in [-0.3, -0.25) is 14.4 Å². The molecule has 11 nitrogen and oxygen atoms in total. The number of aromatic nitrogens is 1. The zero-order valence-electron chi connectivity index (χ0n) is 21.8. The lowest BCUT2D eigenvalue weighted by Crippen LogP contribution is -2.58. The van der Waals surface area contributed by atoms with Crippen molar-refractivity contribution >= 4 is 34.6 Å². The number of rotatable bonds is 15. The smallest absolute Gasteiger partial charge is 0.326 e. The van der Waals surface area contributed by atoms with Gasteiger partial charge < -0.3 is 37.5 Å². The monoisotopic (exact) mass is 516 g/mol. The lowest BCUT2D eigenvalue weighted by molar-refractivity contribution is -0.144. The zero-order valence-corrected chi connectivity index (χ0v) is 21.8. The average molecular weight is 517 g/mol. The van der Waals surface area contributed by atoms with E-state index in [2.05, 4.69) is 20.9 Å². The van der Waals surface area contributed by atoms with E-state index in [9.17, 15) is 24.3 Å². The molecule has 0 saturated heterocycles. The highest BCUT2D eigenvalue weighted by Gasteiger charge is 2.31. The van der Waals surface area contributed by atoms with E-state index in [4.69, 9.17) is 11.5 Å². The fourth-order valence-electron chi connectivity index (χ4n) is 4.00. The summed E-state index contributed by atoms with van der Waals surface area (Å²) in [4.78, 5) is 53.9. The molecule has 2 aromatic rings. The molecule has 0 saturated carbocycles. The Kier molecular flexibility index (Phi) is 11.5. The van der Waals surface area contributed by atoms with Gasteiger partial charge >= 0.3 is 5.97 Å². The van der Waals surface area contributed by atoms with E-state index in [0.717, 1.165) is 16.5 Å². The SMILES string of the molecule is CCC(C)C(NC(=O)C(CCCCN)NC(=O)C(Cc1c[nH]c2ccccc12)NC(=O)C(C)N)C(=O)O. The van der Waals surface area contributed by atoms with Crippen LogP contribution in [0.15, 0.2) is 30.5 Å². The molecule has 2 rings (SSSR count). The van der Waals surface area contributed by atoms with Gasteiger partial charge in [0.2, 0.25) is 17.7 Å². The van der Waals surface area contributed by atoms with Crippen molar-refractivity contribution in [1.82, 2.24) is 20.9 Å². The van der Waals surface area contributed by atoms with E-state index in [0.29, 0.717) is 25.8 Å². The summed E-state index contributed by atoms with van der Waals surface area (Å²) in [6.45, 7) is 5.51. The number of hydrogen-bond donors (Lipinski definition) is 7. The maximum Gasteiger partial charge on any atom is 0.326 e. The van der Waals surface area contributed by atoms with Crippen molar-refractivity contribution in [2.24, 2.45) is 17.4 Å². The summed E-state index contributed by atoms with van der Waals surface area (Å²) in [6.07, 6.45) is 3.94. The summed E-state index contributed by atoms with van der Waals surface area (Å²) in [5.41, 5.74) is 13.0. The summed E-state index contributed by atoms with van der Waals surface area (Å²) in [5, 5.41) is 18.5. The number of aliphatic carboxylic acids is 1. The van der Waals surface area contributed by atoms with Crippen LogP contribution in [0.2, 0.25) is 0 Å². The molecule has 5 atom stereocenters. The Bertz CT molecular complexity index is 1070. The number of nitrogens with one attached hydrogen (secondary N) is 4. The minimum Gasteiger partial charge on any atom is -0.480 e. The molecule has 0 fully saturated rings. The number of H-pyrrole nitrogens is 1. The maximum atomic E-state index is 13.4. The van der Waals surface area contributed by atoms with Gasteiger partial charge in [0.1, 0.15) is 18.1 Å². The van der Waals surface area contributed by atoms with Gasteiger partial charge in [-0.05, 0) is 50.3 Å². The molecule has 0 aliphatic heterocycles. The number of carbonyl (C=O) groups excluding carboxylic acids is 3. The third kappa shape index (κ3) is 8.57. The van der Waals surface area contributed by atoms with Crippen LogP contribution in [0.4, 0.5) is 0 Å². The molecule has 1 heterocycles. The number of nitrogens with two attached hydrogens (primary N) is 2. The largest absolute Gasteiger partial charge is 0.480 e. The number of hydrogen-bond acceptors (Lipinski definition) is 6. The van der Waals surface area contributed by atoms with Crippen LogP contribution >= 0.6 is 0 Å². The van der Waals surface area contributed by atoms with Crippen molar-refractivity contribution < 1.29 is 24.3 Å². The molecule has 0 spiro atoms. The highest BCUT2D eigenvalue weighted by atomic mass is 16.4. The Balaban J connectivity index is 2.27. The Morgan fingerprint density at radius 3 is 2.24 bits per heavy atom. The molecule has 0 bridgehead atoms. The Labute approximate surface area is 217 Å². The molecule has 0 aliphatic rings.